The van der Waals surface area contributed by atoms with Gasteiger partial charge in [0, 0.05) is 50.1 Å². The van der Waals surface area contributed by atoms with Crippen molar-refractivity contribution in [2.24, 2.45) is 0 Å². The minimum absolute atomic E-state index is 0.141. The molecule has 2 saturated heterocycles. The van der Waals surface area contributed by atoms with Gasteiger partial charge in [-0.1, -0.05) is 29.8 Å². The van der Waals surface area contributed by atoms with Crippen LogP contribution in [-0.4, -0.2) is 70.0 Å². The first-order valence-electron chi connectivity index (χ1n) is 10.2. The van der Waals surface area contributed by atoms with Gasteiger partial charge < -0.3 is 19.3 Å². The number of fused-ring (bicyclic) bond motifs is 1. The molecule has 0 saturated carbocycles. The number of halogens is 1. The van der Waals surface area contributed by atoms with Gasteiger partial charge in [0.2, 0.25) is 0 Å². The Kier molecular flexibility index (Phi) is 5.00. The number of benzene rings is 1. The molecule has 3 aliphatic heterocycles. The molecule has 3 aliphatic rings. The van der Waals surface area contributed by atoms with Crippen LogP contribution in [0.2, 0.25) is 5.02 Å². The maximum Gasteiger partial charge on any atom is 0.274 e. The number of carbonyl (C=O) groups is 2. The lowest BCUT2D eigenvalue weighted by Crippen LogP contribution is -2.47. The highest BCUT2D eigenvalue weighted by Crippen LogP contribution is 2.32. The molecule has 0 unspecified atom stereocenters. The number of amides is 2. The summed E-state index contributed by atoms with van der Waals surface area (Å²) in [4.78, 5) is 29.5. The molecule has 2 amide bonds. The number of rotatable bonds is 3. The fraction of sp³-hybridized carbons (Fsp3) is 0.476. The molecule has 0 aliphatic carbocycles. The van der Waals surface area contributed by atoms with E-state index in [1.54, 1.807) is 20.5 Å². The Balaban J connectivity index is 1.28. The van der Waals surface area contributed by atoms with Gasteiger partial charge in [-0.25, -0.2) is 0 Å². The van der Waals surface area contributed by atoms with Crippen molar-refractivity contribution in [2.45, 2.75) is 31.7 Å². The molecule has 1 aromatic carbocycles. The first-order chi connectivity index (χ1) is 14.5. The molecule has 30 heavy (non-hydrogen) atoms. The molecule has 2 fully saturated rings. The van der Waals surface area contributed by atoms with Gasteiger partial charge in [0.25, 0.3) is 11.8 Å². The van der Waals surface area contributed by atoms with Crippen molar-refractivity contribution < 1.29 is 19.1 Å². The van der Waals surface area contributed by atoms with Crippen LogP contribution in [0.4, 0.5) is 0 Å². The van der Waals surface area contributed by atoms with Crippen LogP contribution < -0.4 is 0 Å². The molecule has 0 atom stereocenters. The Bertz CT molecular complexity index is 975. The van der Waals surface area contributed by atoms with E-state index in [1.807, 2.05) is 24.3 Å². The highest BCUT2D eigenvalue weighted by atomic mass is 35.5. The van der Waals surface area contributed by atoms with Gasteiger partial charge in [-0.2, -0.15) is 5.10 Å². The van der Waals surface area contributed by atoms with E-state index in [2.05, 4.69) is 5.10 Å². The van der Waals surface area contributed by atoms with E-state index in [9.17, 15) is 9.59 Å². The average Bonchev–Trinajstić information content (AvgIpc) is 3.39. The fourth-order valence-corrected chi connectivity index (χ4v) is 4.52. The van der Waals surface area contributed by atoms with Crippen molar-refractivity contribution in [3.8, 4) is 0 Å². The third kappa shape index (κ3) is 3.49. The second-order valence-corrected chi connectivity index (χ2v) is 8.26. The van der Waals surface area contributed by atoms with Crippen LogP contribution in [0.5, 0.6) is 0 Å². The number of aromatic nitrogens is 2. The van der Waals surface area contributed by atoms with E-state index in [1.165, 1.54) is 0 Å². The highest BCUT2D eigenvalue weighted by molar-refractivity contribution is 6.31. The van der Waals surface area contributed by atoms with Crippen LogP contribution in [0.25, 0.3) is 0 Å². The third-order valence-corrected chi connectivity index (χ3v) is 6.40. The van der Waals surface area contributed by atoms with Crippen molar-refractivity contribution in [1.29, 1.82) is 0 Å². The molecule has 1 aromatic heterocycles. The van der Waals surface area contributed by atoms with Crippen LogP contribution in [0.3, 0.4) is 0 Å². The number of hydrogen-bond donors (Lipinski definition) is 0. The first kappa shape index (κ1) is 19.5. The minimum Gasteiger partial charge on any atom is -0.347 e. The SMILES string of the molecule is O=C(c1cc2n(n1)CCN(Cc1ccccc1Cl)C2=O)N1CCC2(CC1)OCCO2. The number of piperidine rings is 1. The van der Waals surface area contributed by atoms with Crippen molar-refractivity contribution in [1.82, 2.24) is 19.6 Å². The van der Waals surface area contributed by atoms with Crippen LogP contribution >= 0.6 is 11.6 Å². The maximum absolute atomic E-state index is 13.0. The second kappa shape index (κ2) is 7.68. The van der Waals surface area contributed by atoms with Gasteiger partial charge in [-0.15, -0.1) is 0 Å². The predicted octanol–water partition coefficient (Wildman–Crippen LogP) is 2.17. The summed E-state index contributed by atoms with van der Waals surface area (Å²) in [5, 5.41) is 5.05. The molecule has 158 valence electrons. The van der Waals surface area contributed by atoms with Gasteiger partial charge >= 0.3 is 0 Å². The van der Waals surface area contributed by atoms with Crippen LogP contribution in [0.15, 0.2) is 30.3 Å². The molecule has 2 aromatic rings. The third-order valence-electron chi connectivity index (χ3n) is 6.03. The minimum atomic E-state index is -0.528. The Morgan fingerprint density at radius 1 is 1.10 bits per heavy atom. The molecule has 1 spiro atoms. The van der Waals surface area contributed by atoms with Crippen molar-refractivity contribution >= 4 is 23.4 Å². The van der Waals surface area contributed by atoms with E-state index in [-0.39, 0.29) is 11.8 Å². The lowest BCUT2D eigenvalue weighted by Gasteiger charge is -2.37. The monoisotopic (exact) mass is 430 g/mol. The lowest BCUT2D eigenvalue weighted by atomic mass is 10.0. The van der Waals surface area contributed by atoms with Crippen molar-refractivity contribution in [3.05, 3.63) is 52.3 Å². The van der Waals surface area contributed by atoms with E-state index >= 15 is 0 Å². The molecular formula is C21H23ClN4O4. The van der Waals surface area contributed by atoms with Gasteiger partial charge in [0.15, 0.2) is 11.5 Å². The summed E-state index contributed by atoms with van der Waals surface area (Å²) in [5.41, 5.74) is 1.64. The highest BCUT2D eigenvalue weighted by Gasteiger charge is 2.41. The van der Waals surface area contributed by atoms with Gasteiger partial charge in [-0.3, -0.25) is 14.3 Å². The van der Waals surface area contributed by atoms with E-state index in [4.69, 9.17) is 21.1 Å². The molecule has 4 heterocycles. The first-order valence-corrected chi connectivity index (χ1v) is 10.6. The summed E-state index contributed by atoms with van der Waals surface area (Å²) < 4.78 is 13.1. The largest absolute Gasteiger partial charge is 0.347 e. The zero-order chi connectivity index (χ0) is 20.7. The molecule has 0 bridgehead atoms. The summed E-state index contributed by atoms with van der Waals surface area (Å²) in [6.07, 6.45) is 1.30. The molecule has 8 nitrogen and oxygen atoms in total. The Morgan fingerprint density at radius 2 is 1.83 bits per heavy atom. The molecule has 0 N–H and O–H groups in total. The Hall–Kier alpha value is -2.42. The summed E-state index contributed by atoms with van der Waals surface area (Å²) in [6, 6.07) is 9.11. The van der Waals surface area contributed by atoms with Gasteiger partial charge in [-0.05, 0) is 11.6 Å². The van der Waals surface area contributed by atoms with Crippen LogP contribution in [0, 0.1) is 0 Å². The zero-order valence-corrected chi connectivity index (χ0v) is 17.3. The van der Waals surface area contributed by atoms with Crippen LogP contribution in [0.1, 0.15) is 39.4 Å². The van der Waals surface area contributed by atoms with E-state index in [0.717, 1.165) is 5.56 Å². The molecule has 0 radical (unpaired) electrons. The quantitative estimate of drug-likeness (QED) is 0.745. The van der Waals surface area contributed by atoms with E-state index in [0.29, 0.717) is 75.2 Å². The number of likely N-dealkylation sites (tertiary alicyclic amines) is 1. The fourth-order valence-electron chi connectivity index (χ4n) is 4.32. The van der Waals surface area contributed by atoms with Crippen LogP contribution in [-0.2, 0) is 22.6 Å². The van der Waals surface area contributed by atoms with Gasteiger partial charge in [0.05, 0.1) is 19.8 Å². The molecule has 9 heteroatoms. The molecule has 5 rings (SSSR count). The average molecular weight is 431 g/mol. The standard InChI is InChI=1S/C21H23ClN4O4/c22-16-4-2-1-3-15(16)14-25-9-10-26-18(20(25)28)13-17(23-26)19(27)24-7-5-21(6-8-24)29-11-12-30-21/h1-4,13H,5-12,14H2. The summed E-state index contributed by atoms with van der Waals surface area (Å²) >= 11 is 6.24. The maximum atomic E-state index is 13.0. The van der Waals surface area contributed by atoms with E-state index < -0.39 is 5.79 Å². The number of hydrogen-bond acceptors (Lipinski definition) is 5. The number of carbonyl (C=O) groups excluding carboxylic acids is 2. The zero-order valence-electron chi connectivity index (χ0n) is 16.6. The Labute approximate surface area is 179 Å². The normalized spacial score (nSPS) is 20.6. The topological polar surface area (TPSA) is 76.9 Å². The van der Waals surface area contributed by atoms with Crippen molar-refractivity contribution in [3.63, 3.8) is 0 Å². The van der Waals surface area contributed by atoms with Crippen molar-refractivity contribution in [2.75, 3.05) is 32.8 Å². The molecular weight excluding hydrogens is 408 g/mol. The smallest absolute Gasteiger partial charge is 0.274 e. The summed E-state index contributed by atoms with van der Waals surface area (Å²) in [7, 11) is 0. The number of nitrogens with zero attached hydrogens (tertiary/aromatic N) is 4. The Morgan fingerprint density at radius 3 is 2.57 bits per heavy atom. The number of ether oxygens (including phenoxy) is 2. The summed E-state index contributed by atoms with van der Waals surface area (Å²) in [5.74, 6) is -0.826. The second-order valence-electron chi connectivity index (χ2n) is 7.86. The van der Waals surface area contributed by atoms with Gasteiger partial charge in [0.1, 0.15) is 5.69 Å². The predicted molar refractivity (Wildman–Crippen MR) is 108 cm³/mol. The lowest BCUT2D eigenvalue weighted by molar-refractivity contribution is -0.181. The summed E-state index contributed by atoms with van der Waals surface area (Å²) in [6.45, 7) is 3.81.